The molecule has 1 aliphatic rings. The average molecular weight is 295 g/mol. The zero-order chi connectivity index (χ0) is 14.9. The number of nitrogens with zero attached hydrogens (tertiary/aromatic N) is 3. The fourth-order valence-corrected chi connectivity index (χ4v) is 3.44. The lowest BCUT2D eigenvalue weighted by molar-refractivity contribution is 0.240. The van der Waals surface area contributed by atoms with E-state index in [-0.39, 0.29) is 5.82 Å². The number of hydrogen-bond donors (Lipinski definition) is 0. The van der Waals surface area contributed by atoms with E-state index in [4.69, 9.17) is 0 Å². The van der Waals surface area contributed by atoms with Crippen molar-refractivity contribution in [3.63, 3.8) is 0 Å². The second-order valence-corrected chi connectivity index (χ2v) is 5.83. The summed E-state index contributed by atoms with van der Waals surface area (Å²) < 4.78 is 16.1. The van der Waals surface area contributed by atoms with Crippen LogP contribution in [-0.2, 0) is 6.54 Å². The largest absolute Gasteiger partial charge is 0.302 e. The number of rotatable bonds is 3. The van der Waals surface area contributed by atoms with Gasteiger partial charge in [0.25, 0.3) is 0 Å². The molecule has 2 aromatic heterocycles. The SMILES string of the molecule is Fc1ccccc1CN1CCCC1c1cccc2nccn12. The second kappa shape index (κ2) is 5.54. The maximum absolute atomic E-state index is 13.9. The van der Waals surface area contributed by atoms with Crippen LogP contribution in [0.5, 0.6) is 0 Å². The van der Waals surface area contributed by atoms with E-state index < -0.39 is 0 Å². The first-order valence-corrected chi connectivity index (χ1v) is 7.72. The van der Waals surface area contributed by atoms with E-state index in [0.29, 0.717) is 12.6 Å². The van der Waals surface area contributed by atoms with E-state index in [1.165, 1.54) is 11.8 Å². The lowest BCUT2D eigenvalue weighted by Gasteiger charge is -2.25. The van der Waals surface area contributed by atoms with E-state index in [9.17, 15) is 4.39 Å². The second-order valence-electron chi connectivity index (χ2n) is 5.83. The molecule has 0 N–H and O–H groups in total. The van der Waals surface area contributed by atoms with Crippen molar-refractivity contribution in [2.75, 3.05) is 6.54 Å². The smallest absolute Gasteiger partial charge is 0.136 e. The summed E-state index contributed by atoms with van der Waals surface area (Å²) in [6.45, 7) is 1.66. The third-order valence-electron chi connectivity index (χ3n) is 4.50. The van der Waals surface area contributed by atoms with E-state index in [1.807, 2.05) is 30.6 Å². The maximum Gasteiger partial charge on any atom is 0.136 e. The van der Waals surface area contributed by atoms with Crippen molar-refractivity contribution < 1.29 is 4.39 Å². The van der Waals surface area contributed by atoms with Gasteiger partial charge in [0, 0.05) is 30.2 Å². The van der Waals surface area contributed by atoms with Gasteiger partial charge in [-0.1, -0.05) is 24.3 Å². The molecule has 0 spiro atoms. The number of likely N-dealkylation sites (tertiary alicyclic amines) is 1. The van der Waals surface area contributed by atoms with Gasteiger partial charge in [-0.05, 0) is 37.6 Å². The molecule has 3 heterocycles. The number of pyridine rings is 1. The molecule has 1 atom stereocenters. The minimum atomic E-state index is -0.117. The minimum absolute atomic E-state index is 0.117. The highest BCUT2D eigenvalue weighted by Gasteiger charge is 2.28. The van der Waals surface area contributed by atoms with Crippen LogP contribution in [-0.4, -0.2) is 20.8 Å². The topological polar surface area (TPSA) is 20.5 Å². The van der Waals surface area contributed by atoms with Crippen LogP contribution in [0.2, 0.25) is 0 Å². The Morgan fingerprint density at radius 2 is 2.05 bits per heavy atom. The molecule has 0 amide bonds. The van der Waals surface area contributed by atoms with Crippen LogP contribution < -0.4 is 0 Å². The van der Waals surface area contributed by atoms with E-state index >= 15 is 0 Å². The van der Waals surface area contributed by atoms with Crippen molar-refractivity contribution >= 4 is 5.65 Å². The number of halogens is 1. The molecule has 1 fully saturated rings. The molecule has 3 nitrogen and oxygen atoms in total. The molecule has 1 aliphatic heterocycles. The third kappa shape index (κ3) is 2.29. The fraction of sp³-hybridized carbons (Fsp3) is 0.278. The first-order chi connectivity index (χ1) is 10.8. The van der Waals surface area contributed by atoms with Gasteiger partial charge >= 0.3 is 0 Å². The Balaban J connectivity index is 1.67. The van der Waals surface area contributed by atoms with Gasteiger partial charge in [0.2, 0.25) is 0 Å². The van der Waals surface area contributed by atoms with Crippen LogP contribution in [0.15, 0.2) is 54.9 Å². The molecular weight excluding hydrogens is 277 g/mol. The third-order valence-corrected chi connectivity index (χ3v) is 4.50. The van der Waals surface area contributed by atoms with Gasteiger partial charge in [-0.15, -0.1) is 0 Å². The molecule has 22 heavy (non-hydrogen) atoms. The Bertz CT molecular complexity index is 796. The first kappa shape index (κ1) is 13.5. The Hall–Kier alpha value is -2.20. The van der Waals surface area contributed by atoms with Crippen molar-refractivity contribution in [2.24, 2.45) is 0 Å². The van der Waals surface area contributed by atoms with Gasteiger partial charge in [0.05, 0.1) is 6.04 Å². The molecule has 0 saturated carbocycles. The standard InChI is InChI=1S/C18H18FN3/c19-15-6-2-1-5-14(15)13-21-11-4-8-16(21)17-7-3-9-18-20-10-12-22(17)18/h1-3,5-7,9-10,12,16H,4,8,11,13H2. The van der Waals surface area contributed by atoms with Gasteiger partial charge in [0.1, 0.15) is 11.5 Å². The molecule has 0 radical (unpaired) electrons. The van der Waals surface area contributed by atoms with Crippen LogP contribution in [0.25, 0.3) is 5.65 Å². The Morgan fingerprint density at radius 3 is 2.95 bits per heavy atom. The summed E-state index contributed by atoms with van der Waals surface area (Å²) in [5, 5.41) is 0. The molecular formula is C18H18FN3. The molecule has 1 aromatic carbocycles. The maximum atomic E-state index is 13.9. The monoisotopic (exact) mass is 295 g/mol. The summed E-state index contributed by atoms with van der Waals surface area (Å²) in [4.78, 5) is 6.73. The van der Waals surface area contributed by atoms with Crippen molar-refractivity contribution in [3.05, 3.63) is 71.9 Å². The molecule has 4 heteroatoms. The van der Waals surface area contributed by atoms with Crippen molar-refractivity contribution in [3.8, 4) is 0 Å². The zero-order valence-corrected chi connectivity index (χ0v) is 12.3. The molecule has 4 rings (SSSR count). The Labute approximate surface area is 129 Å². The molecule has 3 aromatic rings. The van der Waals surface area contributed by atoms with Crippen molar-refractivity contribution in [1.29, 1.82) is 0 Å². The quantitative estimate of drug-likeness (QED) is 0.732. The Kier molecular flexibility index (Phi) is 3.39. The molecule has 1 unspecified atom stereocenters. The zero-order valence-electron chi connectivity index (χ0n) is 12.3. The fourth-order valence-electron chi connectivity index (χ4n) is 3.44. The number of hydrogen-bond acceptors (Lipinski definition) is 2. The molecule has 1 saturated heterocycles. The van der Waals surface area contributed by atoms with Crippen LogP contribution in [0, 0.1) is 5.82 Å². The van der Waals surface area contributed by atoms with Crippen LogP contribution in [0.3, 0.4) is 0 Å². The summed E-state index contributed by atoms with van der Waals surface area (Å²) in [6, 6.07) is 13.6. The van der Waals surface area contributed by atoms with Crippen molar-refractivity contribution in [1.82, 2.24) is 14.3 Å². The van der Waals surface area contributed by atoms with E-state index in [0.717, 1.165) is 30.6 Å². The van der Waals surface area contributed by atoms with E-state index in [2.05, 4.69) is 26.4 Å². The van der Waals surface area contributed by atoms with Gasteiger partial charge in [0.15, 0.2) is 0 Å². The predicted octanol–water partition coefficient (Wildman–Crippen LogP) is 3.81. The van der Waals surface area contributed by atoms with Crippen molar-refractivity contribution in [2.45, 2.75) is 25.4 Å². The summed E-state index contributed by atoms with van der Waals surface area (Å²) in [7, 11) is 0. The van der Waals surface area contributed by atoms with Gasteiger partial charge in [-0.25, -0.2) is 9.37 Å². The first-order valence-electron chi connectivity index (χ1n) is 7.72. The number of fused-ring (bicyclic) bond motifs is 1. The highest BCUT2D eigenvalue weighted by Crippen LogP contribution is 2.33. The minimum Gasteiger partial charge on any atom is -0.302 e. The summed E-state index contributed by atoms with van der Waals surface area (Å²) in [6.07, 6.45) is 6.08. The van der Waals surface area contributed by atoms with Crippen LogP contribution >= 0.6 is 0 Å². The number of benzene rings is 1. The summed E-state index contributed by atoms with van der Waals surface area (Å²) in [5.41, 5.74) is 2.98. The van der Waals surface area contributed by atoms with E-state index in [1.54, 1.807) is 6.07 Å². The summed E-state index contributed by atoms with van der Waals surface area (Å²) in [5.74, 6) is -0.117. The van der Waals surface area contributed by atoms with Crippen LogP contribution in [0.1, 0.15) is 30.1 Å². The summed E-state index contributed by atoms with van der Waals surface area (Å²) >= 11 is 0. The molecule has 0 aliphatic carbocycles. The number of imidazole rings is 1. The van der Waals surface area contributed by atoms with Crippen LogP contribution in [0.4, 0.5) is 4.39 Å². The Morgan fingerprint density at radius 1 is 1.14 bits per heavy atom. The molecule has 112 valence electrons. The van der Waals surface area contributed by atoms with Gasteiger partial charge < -0.3 is 4.40 Å². The predicted molar refractivity (Wildman–Crippen MR) is 84.0 cm³/mol. The van der Waals surface area contributed by atoms with Gasteiger partial charge in [-0.3, -0.25) is 4.90 Å². The average Bonchev–Trinajstić information content (AvgIpc) is 3.18. The highest BCUT2D eigenvalue weighted by atomic mass is 19.1. The molecule has 0 bridgehead atoms. The lowest BCUT2D eigenvalue weighted by atomic mass is 10.1. The van der Waals surface area contributed by atoms with Gasteiger partial charge in [-0.2, -0.15) is 0 Å². The lowest BCUT2D eigenvalue weighted by Crippen LogP contribution is -2.24. The normalized spacial score (nSPS) is 19.0. The highest BCUT2D eigenvalue weighted by molar-refractivity contribution is 5.40. The number of aromatic nitrogens is 2.